The van der Waals surface area contributed by atoms with Gasteiger partial charge in [0.2, 0.25) is 0 Å². The second-order valence-corrected chi connectivity index (χ2v) is 4.41. The minimum absolute atomic E-state index is 0.429. The molecule has 0 radical (unpaired) electrons. The summed E-state index contributed by atoms with van der Waals surface area (Å²) in [4.78, 5) is 4.35. The largest absolute Gasteiger partial charge is 0.310 e. The minimum atomic E-state index is 0.429. The van der Waals surface area contributed by atoms with E-state index in [1.165, 1.54) is 12.0 Å². The van der Waals surface area contributed by atoms with Crippen molar-refractivity contribution >= 4 is 0 Å². The number of nitrogens with zero attached hydrogens (tertiary/aromatic N) is 1. The van der Waals surface area contributed by atoms with Gasteiger partial charge in [-0.05, 0) is 37.4 Å². The molecule has 1 N–H and O–H groups in total. The Hall–Kier alpha value is -0.890. The average Bonchev–Trinajstić information content (AvgIpc) is 2.21. The minimum Gasteiger partial charge on any atom is -0.310 e. The molecule has 15 heavy (non-hydrogen) atoms. The number of hydrogen-bond acceptors (Lipinski definition) is 2. The number of rotatable bonds is 5. The summed E-state index contributed by atoms with van der Waals surface area (Å²) in [5.41, 5.74) is 2.38. The third-order valence-electron chi connectivity index (χ3n) is 2.57. The second kappa shape index (κ2) is 5.86. The Bertz CT molecular complexity index is 277. The van der Waals surface area contributed by atoms with Gasteiger partial charge in [-0.3, -0.25) is 4.98 Å². The lowest BCUT2D eigenvalue weighted by molar-refractivity contribution is 0.412. The summed E-state index contributed by atoms with van der Waals surface area (Å²) >= 11 is 0. The molecule has 0 spiro atoms. The van der Waals surface area contributed by atoms with Crippen LogP contribution in [0.3, 0.4) is 0 Å². The maximum atomic E-state index is 4.35. The molecule has 84 valence electrons. The van der Waals surface area contributed by atoms with Gasteiger partial charge in [0.25, 0.3) is 0 Å². The van der Waals surface area contributed by atoms with Gasteiger partial charge in [0, 0.05) is 17.9 Å². The lowest BCUT2D eigenvalue weighted by atomic mass is 9.97. The molecule has 0 saturated heterocycles. The van der Waals surface area contributed by atoms with Crippen molar-refractivity contribution in [1.29, 1.82) is 0 Å². The number of pyridine rings is 1. The first kappa shape index (κ1) is 12.2. The predicted molar refractivity (Wildman–Crippen MR) is 64.8 cm³/mol. The van der Waals surface area contributed by atoms with Crippen LogP contribution in [0.2, 0.25) is 0 Å². The van der Waals surface area contributed by atoms with E-state index in [0.717, 1.165) is 12.2 Å². The van der Waals surface area contributed by atoms with Gasteiger partial charge < -0.3 is 5.32 Å². The Morgan fingerprint density at radius 3 is 2.53 bits per heavy atom. The molecule has 0 aromatic carbocycles. The molecule has 0 saturated carbocycles. The quantitative estimate of drug-likeness (QED) is 0.800. The zero-order valence-corrected chi connectivity index (χ0v) is 10.2. The van der Waals surface area contributed by atoms with Crippen LogP contribution in [-0.4, -0.2) is 11.5 Å². The Morgan fingerprint density at radius 2 is 2.07 bits per heavy atom. The van der Waals surface area contributed by atoms with Crippen LogP contribution >= 0.6 is 0 Å². The van der Waals surface area contributed by atoms with Crippen LogP contribution in [0.25, 0.3) is 0 Å². The van der Waals surface area contributed by atoms with Crippen LogP contribution in [0, 0.1) is 12.8 Å². The number of aromatic nitrogens is 1. The SMILES string of the molecule is CCCNC(c1ccc(C)nc1)C(C)C. The first-order valence-corrected chi connectivity index (χ1v) is 5.81. The summed E-state index contributed by atoms with van der Waals surface area (Å²) in [6, 6.07) is 4.69. The molecular weight excluding hydrogens is 184 g/mol. The molecule has 0 aliphatic rings. The van der Waals surface area contributed by atoms with E-state index >= 15 is 0 Å². The van der Waals surface area contributed by atoms with Gasteiger partial charge in [-0.25, -0.2) is 0 Å². The van der Waals surface area contributed by atoms with Crippen LogP contribution in [-0.2, 0) is 0 Å². The Labute approximate surface area is 93.1 Å². The first-order valence-electron chi connectivity index (χ1n) is 5.81. The lowest BCUT2D eigenvalue weighted by Gasteiger charge is -2.22. The van der Waals surface area contributed by atoms with Crippen molar-refractivity contribution < 1.29 is 0 Å². The molecule has 1 rings (SSSR count). The highest BCUT2D eigenvalue weighted by Gasteiger charge is 2.14. The fraction of sp³-hybridized carbons (Fsp3) is 0.615. The highest BCUT2D eigenvalue weighted by atomic mass is 14.9. The van der Waals surface area contributed by atoms with Crippen molar-refractivity contribution in [2.75, 3.05) is 6.54 Å². The van der Waals surface area contributed by atoms with Crippen LogP contribution < -0.4 is 5.32 Å². The molecule has 1 atom stereocenters. The topological polar surface area (TPSA) is 24.9 Å². The van der Waals surface area contributed by atoms with Crippen LogP contribution in [0.4, 0.5) is 0 Å². The Morgan fingerprint density at radius 1 is 1.33 bits per heavy atom. The predicted octanol–water partition coefficient (Wildman–Crippen LogP) is 3.09. The standard InChI is InChI=1S/C13H22N2/c1-5-8-14-13(10(2)3)12-7-6-11(4)15-9-12/h6-7,9-10,13-14H,5,8H2,1-4H3. The molecule has 1 aromatic rings. The normalized spacial score (nSPS) is 13.1. The summed E-state index contributed by atoms with van der Waals surface area (Å²) in [5, 5.41) is 3.56. The number of aryl methyl sites for hydroxylation is 1. The van der Waals surface area contributed by atoms with E-state index in [0.29, 0.717) is 12.0 Å². The molecule has 0 amide bonds. The molecule has 0 fully saturated rings. The molecule has 1 aromatic heterocycles. The van der Waals surface area contributed by atoms with Gasteiger partial charge in [-0.1, -0.05) is 26.8 Å². The van der Waals surface area contributed by atoms with Gasteiger partial charge in [-0.2, -0.15) is 0 Å². The zero-order chi connectivity index (χ0) is 11.3. The van der Waals surface area contributed by atoms with E-state index in [1.807, 2.05) is 13.1 Å². The lowest BCUT2D eigenvalue weighted by Crippen LogP contribution is -2.26. The smallest absolute Gasteiger partial charge is 0.0372 e. The molecule has 0 aliphatic carbocycles. The van der Waals surface area contributed by atoms with Crippen LogP contribution in [0.15, 0.2) is 18.3 Å². The van der Waals surface area contributed by atoms with Gasteiger partial charge in [0.1, 0.15) is 0 Å². The van der Waals surface area contributed by atoms with Crippen molar-refractivity contribution in [3.63, 3.8) is 0 Å². The number of hydrogen-bond donors (Lipinski definition) is 1. The van der Waals surface area contributed by atoms with Crippen molar-refractivity contribution in [3.05, 3.63) is 29.6 Å². The van der Waals surface area contributed by atoms with E-state index in [1.54, 1.807) is 0 Å². The van der Waals surface area contributed by atoms with Gasteiger partial charge >= 0.3 is 0 Å². The monoisotopic (exact) mass is 206 g/mol. The molecule has 0 bridgehead atoms. The Balaban J connectivity index is 2.74. The van der Waals surface area contributed by atoms with Crippen LogP contribution in [0.1, 0.15) is 44.5 Å². The highest BCUT2D eigenvalue weighted by Crippen LogP contribution is 2.20. The fourth-order valence-electron chi connectivity index (χ4n) is 1.70. The van der Waals surface area contributed by atoms with Crippen molar-refractivity contribution in [2.24, 2.45) is 5.92 Å². The Kier molecular flexibility index (Phi) is 4.76. The van der Waals surface area contributed by atoms with Crippen LogP contribution in [0.5, 0.6) is 0 Å². The molecule has 1 unspecified atom stereocenters. The summed E-state index contributed by atoms with van der Waals surface area (Å²) in [6.45, 7) is 9.77. The molecular formula is C13H22N2. The van der Waals surface area contributed by atoms with E-state index in [2.05, 4.69) is 43.2 Å². The second-order valence-electron chi connectivity index (χ2n) is 4.41. The van der Waals surface area contributed by atoms with E-state index < -0.39 is 0 Å². The van der Waals surface area contributed by atoms with Gasteiger partial charge in [0.05, 0.1) is 0 Å². The summed E-state index contributed by atoms with van der Waals surface area (Å²) in [6.07, 6.45) is 3.16. The first-order chi connectivity index (χ1) is 7.15. The number of nitrogens with one attached hydrogen (secondary N) is 1. The summed E-state index contributed by atoms with van der Waals surface area (Å²) in [5.74, 6) is 0.598. The summed E-state index contributed by atoms with van der Waals surface area (Å²) in [7, 11) is 0. The maximum Gasteiger partial charge on any atom is 0.0372 e. The van der Waals surface area contributed by atoms with Crippen molar-refractivity contribution in [3.8, 4) is 0 Å². The third-order valence-corrected chi connectivity index (χ3v) is 2.57. The zero-order valence-electron chi connectivity index (χ0n) is 10.2. The van der Waals surface area contributed by atoms with E-state index in [4.69, 9.17) is 0 Å². The van der Waals surface area contributed by atoms with Crippen molar-refractivity contribution in [1.82, 2.24) is 10.3 Å². The highest BCUT2D eigenvalue weighted by molar-refractivity contribution is 5.17. The third kappa shape index (κ3) is 3.63. The van der Waals surface area contributed by atoms with Gasteiger partial charge in [0.15, 0.2) is 0 Å². The van der Waals surface area contributed by atoms with E-state index in [-0.39, 0.29) is 0 Å². The summed E-state index contributed by atoms with van der Waals surface area (Å²) < 4.78 is 0. The van der Waals surface area contributed by atoms with Gasteiger partial charge in [-0.15, -0.1) is 0 Å². The maximum absolute atomic E-state index is 4.35. The fourth-order valence-corrected chi connectivity index (χ4v) is 1.70. The van der Waals surface area contributed by atoms with Crippen molar-refractivity contribution in [2.45, 2.75) is 40.2 Å². The average molecular weight is 206 g/mol. The molecule has 2 nitrogen and oxygen atoms in total. The molecule has 0 aliphatic heterocycles. The molecule has 1 heterocycles. The van der Waals surface area contributed by atoms with E-state index in [9.17, 15) is 0 Å². The molecule has 2 heteroatoms.